The molecule has 1 fully saturated rings. The maximum atomic E-state index is 12.1. The van der Waals surface area contributed by atoms with Crippen molar-refractivity contribution >= 4 is 19.5 Å². The Morgan fingerprint density at radius 3 is 2.69 bits per heavy atom. The van der Waals surface area contributed by atoms with Gasteiger partial charge in [-0.15, -0.1) is 0 Å². The van der Waals surface area contributed by atoms with Crippen molar-refractivity contribution in [2.75, 3.05) is 12.8 Å². The van der Waals surface area contributed by atoms with Crippen LogP contribution < -0.4 is 11.1 Å². The van der Waals surface area contributed by atoms with Gasteiger partial charge < -0.3 is 40.5 Å². The molecule has 0 aromatic heterocycles. The summed E-state index contributed by atoms with van der Waals surface area (Å²) in [5, 5.41) is 31.3. The first-order valence-corrected chi connectivity index (χ1v) is 9.42. The van der Waals surface area contributed by atoms with Crippen LogP contribution in [0.4, 0.5) is 0 Å². The van der Waals surface area contributed by atoms with E-state index in [-0.39, 0.29) is 0 Å². The number of aliphatic carboxylic acids is 1. The van der Waals surface area contributed by atoms with Gasteiger partial charge in [-0.3, -0.25) is 14.2 Å². The maximum Gasteiger partial charge on any atom is 0.339 e. The second-order valence-corrected chi connectivity index (χ2v) is 7.84. The minimum absolute atomic E-state index is 0.501. The van der Waals surface area contributed by atoms with Crippen LogP contribution in [0, 0.1) is 5.92 Å². The quantitative estimate of drug-likeness (QED) is 0.262. The molecule has 2 rings (SSSR count). The molecule has 26 heavy (non-hydrogen) atoms. The van der Waals surface area contributed by atoms with E-state index in [0.29, 0.717) is 5.57 Å². The fourth-order valence-electron chi connectivity index (χ4n) is 2.78. The molecule has 7 unspecified atom stereocenters. The van der Waals surface area contributed by atoms with E-state index in [4.69, 9.17) is 15.6 Å². The van der Waals surface area contributed by atoms with Crippen LogP contribution in [-0.4, -0.2) is 75.4 Å². The first-order chi connectivity index (χ1) is 12.1. The maximum absolute atomic E-state index is 12.1. The van der Waals surface area contributed by atoms with Crippen molar-refractivity contribution < 1.29 is 43.6 Å². The molecule has 0 aromatic rings. The molecule has 0 aliphatic carbocycles. The number of hydrogen-bond donors (Lipinski definition) is 6. The number of carboxylic acids is 1. The van der Waals surface area contributed by atoms with E-state index in [1.807, 2.05) is 0 Å². The smallest absolute Gasteiger partial charge is 0.339 e. The number of aliphatic hydroxyl groups is 2. The molecule has 2 heterocycles. The van der Waals surface area contributed by atoms with Gasteiger partial charge in [0.2, 0.25) is 5.91 Å². The molecule has 2 aliphatic rings. The highest BCUT2D eigenvalue weighted by atomic mass is 31.2. The van der Waals surface area contributed by atoms with Gasteiger partial charge in [0.1, 0.15) is 36.7 Å². The van der Waals surface area contributed by atoms with Crippen LogP contribution >= 0.6 is 7.60 Å². The summed E-state index contributed by atoms with van der Waals surface area (Å²) in [6.07, 6.45) is -4.34. The number of amides is 1. The Hall–Kier alpha value is -1.59. The van der Waals surface area contributed by atoms with Crippen LogP contribution in [0.3, 0.4) is 0 Å². The number of carboxylic acid groups (broad SMARTS) is 1. The molecule has 11 nitrogen and oxygen atoms in total. The first kappa shape index (κ1) is 20.7. The van der Waals surface area contributed by atoms with Crippen molar-refractivity contribution in [1.29, 1.82) is 0 Å². The van der Waals surface area contributed by atoms with E-state index >= 15 is 0 Å². The highest BCUT2D eigenvalue weighted by Gasteiger charge is 2.49. The summed E-state index contributed by atoms with van der Waals surface area (Å²) in [5.74, 6) is -3.03. The molecule has 0 saturated carbocycles. The lowest BCUT2D eigenvalue weighted by atomic mass is 9.90. The third-order valence-corrected chi connectivity index (χ3v) is 5.32. The van der Waals surface area contributed by atoms with Crippen LogP contribution in [0.2, 0.25) is 0 Å². The zero-order valence-corrected chi connectivity index (χ0v) is 14.5. The summed E-state index contributed by atoms with van der Waals surface area (Å²) in [6.45, 7) is 2.93. The Morgan fingerprint density at radius 2 is 2.12 bits per heavy atom. The standard InChI is InChI=1S/C14H21N2O9P/c1-2-6-3-7(14(21)16-13(6)15)12-11(20)10(19)8(25-12)4-24-26(22,23)5-9(17)18/h2-3,7-8,10-13,19-20H,1,4-5,15H2,(H,16,21)(H,17,18)(H,22,23). The van der Waals surface area contributed by atoms with Gasteiger partial charge in [-0.25, -0.2) is 0 Å². The van der Waals surface area contributed by atoms with Gasteiger partial charge in [0, 0.05) is 0 Å². The van der Waals surface area contributed by atoms with E-state index in [1.54, 1.807) is 0 Å². The molecule has 146 valence electrons. The summed E-state index contributed by atoms with van der Waals surface area (Å²) in [7, 11) is -4.43. The van der Waals surface area contributed by atoms with Crippen molar-refractivity contribution in [3.05, 3.63) is 24.3 Å². The molecule has 1 amide bonds. The number of nitrogens with two attached hydrogens (primary N) is 1. The predicted octanol–water partition coefficient (Wildman–Crippen LogP) is -2.09. The zero-order chi connectivity index (χ0) is 19.6. The van der Waals surface area contributed by atoms with Crippen molar-refractivity contribution in [3.63, 3.8) is 0 Å². The molecule has 7 atom stereocenters. The van der Waals surface area contributed by atoms with E-state index in [0.717, 1.165) is 0 Å². The number of rotatable bonds is 7. The normalized spacial score (nSPS) is 36.8. The minimum Gasteiger partial charge on any atom is -0.481 e. The average molecular weight is 392 g/mol. The van der Waals surface area contributed by atoms with Crippen LogP contribution in [0.25, 0.3) is 0 Å². The number of carbonyl (C=O) groups is 2. The average Bonchev–Trinajstić information content (AvgIpc) is 2.80. The van der Waals surface area contributed by atoms with E-state index in [9.17, 15) is 29.3 Å². The highest BCUT2D eigenvalue weighted by molar-refractivity contribution is 7.53. The molecule has 0 aromatic carbocycles. The van der Waals surface area contributed by atoms with Crippen molar-refractivity contribution in [2.24, 2.45) is 11.7 Å². The molecule has 2 aliphatic heterocycles. The van der Waals surface area contributed by atoms with Gasteiger partial charge in [0.05, 0.1) is 12.5 Å². The number of carbonyl (C=O) groups excluding carboxylic acids is 1. The van der Waals surface area contributed by atoms with Crippen LogP contribution in [0.5, 0.6) is 0 Å². The van der Waals surface area contributed by atoms with Gasteiger partial charge >= 0.3 is 13.6 Å². The molecule has 7 N–H and O–H groups in total. The zero-order valence-electron chi connectivity index (χ0n) is 13.6. The second-order valence-electron chi connectivity index (χ2n) is 5.99. The lowest BCUT2D eigenvalue weighted by Crippen LogP contribution is -2.52. The van der Waals surface area contributed by atoms with Crippen molar-refractivity contribution in [2.45, 2.75) is 30.6 Å². The number of nitrogens with one attached hydrogen (secondary N) is 1. The minimum atomic E-state index is -4.43. The largest absolute Gasteiger partial charge is 0.481 e. The SMILES string of the molecule is C=CC1=CC(C2OC(COP(=O)(O)CC(=O)O)C(O)C2O)C(=O)NC1N. The molecule has 1 saturated heterocycles. The van der Waals surface area contributed by atoms with E-state index < -0.39 is 68.7 Å². The summed E-state index contributed by atoms with van der Waals surface area (Å²) in [5.41, 5.74) is 6.22. The lowest BCUT2D eigenvalue weighted by Gasteiger charge is -2.30. The van der Waals surface area contributed by atoms with Crippen molar-refractivity contribution in [1.82, 2.24) is 5.32 Å². The number of aliphatic hydroxyl groups excluding tert-OH is 2. The van der Waals surface area contributed by atoms with Gasteiger partial charge in [0.15, 0.2) is 0 Å². The Kier molecular flexibility index (Phi) is 6.35. The molecular weight excluding hydrogens is 371 g/mol. The van der Waals surface area contributed by atoms with Crippen LogP contribution in [0.15, 0.2) is 24.3 Å². The Balaban J connectivity index is 2.08. The fraction of sp³-hybridized carbons (Fsp3) is 0.571. The summed E-state index contributed by atoms with van der Waals surface area (Å²) in [6, 6.07) is 0. The number of hydrogen-bond acceptors (Lipinski definition) is 8. The Bertz CT molecular complexity index is 667. The Morgan fingerprint density at radius 1 is 1.46 bits per heavy atom. The fourth-order valence-corrected chi connectivity index (χ4v) is 3.59. The monoisotopic (exact) mass is 392 g/mol. The molecule has 0 spiro atoms. The molecule has 0 radical (unpaired) electrons. The van der Waals surface area contributed by atoms with Crippen LogP contribution in [0.1, 0.15) is 0 Å². The van der Waals surface area contributed by atoms with Gasteiger partial charge in [-0.05, 0) is 5.57 Å². The topological polar surface area (TPSA) is 189 Å². The van der Waals surface area contributed by atoms with Gasteiger partial charge in [-0.1, -0.05) is 18.7 Å². The van der Waals surface area contributed by atoms with Gasteiger partial charge in [-0.2, -0.15) is 0 Å². The van der Waals surface area contributed by atoms with E-state index in [2.05, 4.69) is 16.4 Å². The van der Waals surface area contributed by atoms with Crippen LogP contribution in [-0.2, 0) is 23.4 Å². The van der Waals surface area contributed by atoms with E-state index in [1.165, 1.54) is 12.2 Å². The molecule has 0 bridgehead atoms. The van der Waals surface area contributed by atoms with Crippen molar-refractivity contribution in [3.8, 4) is 0 Å². The first-order valence-electron chi connectivity index (χ1n) is 7.65. The summed E-state index contributed by atoms with van der Waals surface area (Å²) < 4.78 is 21.7. The Labute approximate surface area is 148 Å². The highest BCUT2D eigenvalue weighted by Crippen LogP contribution is 2.42. The molecular formula is C14H21N2O9P. The number of ether oxygens (including phenoxy) is 1. The predicted molar refractivity (Wildman–Crippen MR) is 86.8 cm³/mol. The van der Waals surface area contributed by atoms with Gasteiger partial charge in [0.25, 0.3) is 0 Å². The summed E-state index contributed by atoms with van der Waals surface area (Å²) in [4.78, 5) is 32.0. The third-order valence-electron chi connectivity index (χ3n) is 4.10. The second kappa shape index (κ2) is 7.97. The summed E-state index contributed by atoms with van der Waals surface area (Å²) >= 11 is 0. The molecule has 12 heteroatoms. The lowest BCUT2D eigenvalue weighted by molar-refractivity contribution is -0.134. The third kappa shape index (κ3) is 4.57.